The summed E-state index contributed by atoms with van der Waals surface area (Å²) in [6.07, 6.45) is 0. The highest BCUT2D eigenvalue weighted by Crippen LogP contribution is 2.23. The summed E-state index contributed by atoms with van der Waals surface area (Å²) in [6.45, 7) is 2.74. The summed E-state index contributed by atoms with van der Waals surface area (Å²) in [4.78, 5) is 14.9. The lowest BCUT2D eigenvalue weighted by atomic mass is 10.3. The van der Waals surface area contributed by atoms with Crippen molar-refractivity contribution in [3.63, 3.8) is 0 Å². The molecule has 10 heteroatoms. The molecular formula is C18H20N4O5S. The maximum Gasteiger partial charge on any atom is 0.269 e. The van der Waals surface area contributed by atoms with Crippen LogP contribution >= 0.6 is 0 Å². The van der Waals surface area contributed by atoms with Crippen molar-refractivity contribution in [1.82, 2.24) is 13.9 Å². The average molecular weight is 404 g/mol. The molecule has 2 aromatic carbocycles. The SMILES string of the molecule is CCn1c(COc2ccc([N+](=O)[O-])cc2)nc2cc(S(=O)(=O)N(C)C)ccc21. The van der Waals surface area contributed by atoms with Gasteiger partial charge in [-0.25, -0.2) is 17.7 Å². The zero-order valence-corrected chi connectivity index (χ0v) is 16.5. The fourth-order valence-corrected chi connectivity index (χ4v) is 3.73. The van der Waals surface area contributed by atoms with Crippen LogP contribution in [0.15, 0.2) is 47.4 Å². The van der Waals surface area contributed by atoms with E-state index in [0.717, 1.165) is 9.82 Å². The van der Waals surface area contributed by atoms with Crippen molar-refractivity contribution < 1.29 is 18.1 Å². The summed E-state index contributed by atoms with van der Waals surface area (Å²) in [5.41, 5.74) is 1.36. The summed E-state index contributed by atoms with van der Waals surface area (Å²) in [7, 11) is -0.588. The van der Waals surface area contributed by atoms with Gasteiger partial charge in [-0.15, -0.1) is 0 Å². The lowest BCUT2D eigenvalue weighted by Gasteiger charge is -2.11. The largest absolute Gasteiger partial charge is 0.486 e. The van der Waals surface area contributed by atoms with Gasteiger partial charge in [-0.1, -0.05) is 0 Å². The van der Waals surface area contributed by atoms with Crippen LogP contribution in [0.2, 0.25) is 0 Å². The molecule has 0 radical (unpaired) electrons. The van der Waals surface area contributed by atoms with Crippen LogP contribution in [0.4, 0.5) is 5.69 Å². The number of aryl methyl sites for hydroxylation is 1. The summed E-state index contributed by atoms with van der Waals surface area (Å²) in [5, 5.41) is 10.7. The first-order chi connectivity index (χ1) is 13.2. The average Bonchev–Trinajstić information content (AvgIpc) is 3.03. The number of benzene rings is 2. The van der Waals surface area contributed by atoms with Crippen LogP contribution in [0, 0.1) is 10.1 Å². The molecule has 28 heavy (non-hydrogen) atoms. The number of hydrogen-bond donors (Lipinski definition) is 0. The molecule has 0 fully saturated rings. The van der Waals surface area contributed by atoms with E-state index in [1.165, 1.54) is 38.4 Å². The first kappa shape index (κ1) is 19.8. The van der Waals surface area contributed by atoms with E-state index in [0.29, 0.717) is 23.6 Å². The molecule has 9 nitrogen and oxygen atoms in total. The van der Waals surface area contributed by atoms with Crippen LogP contribution in [0.25, 0.3) is 11.0 Å². The number of imidazole rings is 1. The minimum atomic E-state index is -3.55. The zero-order chi connectivity index (χ0) is 20.5. The highest BCUT2D eigenvalue weighted by molar-refractivity contribution is 7.89. The third kappa shape index (κ3) is 3.69. The quantitative estimate of drug-likeness (QED) is 0.443. The van der Waals surface area contributed by atoms with Gasteiger partial charge in [0.05, 0.1) is 20.9 Å². The van der Waals surface area contributed by atoms with Crippen molar-refractivity contribution in [2.45, 2.75) is 25.0 Å². The number of non-ortho nitro benzene ring substituents is 1. The highest BCUT2D eigenvalue weighted by atomic mass is 32.2. The molecule has 148 valence electrons. The van der Waals surface area contributed by atoms with Crippen LogP contribution in [-0.4, -0.2) is 41.3 Å². The molecule has 0 saturated carbocycles. The third-order valence-electron chi connectivity index (χ3n) is 4.31. The van der Waals surface area contributed by atoms with Gasteiger partial charge in [-0.2, -0.15) is 0 Å². The lowest BCUT2D eigenvalue weighted by molar-refractivity contribution is -0.384. The number of sulfonamides is 1. The van der Waals surface area contributed by atoms with Crippen LogP contribution < -0.4 is 4.74 Å². The standard InChI is InChI=1S/C18H20N4O5S/c1-4-21-17-10-9-15(28(25,26)20(2)3)11-16(17)19-18(21)12-27-14-7-5-13(6-8-14)22(23)24/h5-11H,4,12H2,1-3H3. The Bertz CT molecular complexity index is 1120. The topological polar surface area (TPSA) is 108 Å². The molecule has 0 aliphatic heterocycles. The van der Waals surface area contributed by atoms with Crippen molar-refractivity contribution in [2.24, 2.45) is 0 Å². The van der Waals surface area contributed by atoms with Gasteiger partial charge in [0.15, 0.2) is 0 Å². The number of nitrogens with zero attached hydrogens (tertiary/aromatic N) is 4. The first-order valence-electron chi connectivity index (χ1n) is 8.53. The summed E-state index contributed by atoms with van der Waals surface area (Å²) >= 11 is 0. The first-order valence-corrected chi connectivity index (χ1v) is 9.97. The van der Waals surface area contributed by atoms with Crippen molar-refractivity contribution in [2.75, 3.05) is 14.1 Å². The number of ether oxygens (including phenoxy) is 1. The smallest absolute Gasteiger partial charge is 0.269 e. The number of fused-ring (bicyclic) bond motifs is 1. The number of nitro groups is 1. The van der Waals surface area contributed by atoms with E-state index >= 15 is 0 Å². The Hall–Kier alpha value is -2.98. The van der Waals surface area contributed by atoms with Gasteiger partial charge in [0.25, 0.3) is 5.69 Å². The van der Waals surface area contributed by atoms with E-state index in [1.54, 1.807) is 18.2 Å². The van der Waals surface area contributed by atoms with Crippen molar-refractivity contribution in [3.8, 4) is 5.75 Å². The molecule has 0 saturated heterocycles. The van der Waals surface area contributed by atoms with Gasteiger partial charge in [-0.05, 0) is 37.3 Å². The Balaban J connectivity index is 1.89. The van der Waals surface area contributed by atoms with Gasteiger partial charge < -0.3 is 9.30 Å². The fourth-order valence-electron chi connectivity index (χ4n) is 2.81. The van der Waals surface area contributed by atoms with Gasteiger partial charge in [0.2, 0.25) is 10.0 Å². The molecule has 0 atom stereocenters. The predicted molar refractivity (Wildman–Crippen MR) is 104 cm³/mol. The summed E-state index contributed by atoms with van der Waals surface area (Å²) < 4.78 is 33.5. The van der Waals surface area contributed by atoms with E-state index < -0.39 is 14.9 Å². The summed E-state index contributed by atoms with van der Waals surface area (Å²) in [6, 6.07) is 10.6. The molecule has 0 aliphatic rings. The molecule has 0 aliphatic carbocycles. The maximum atomic E-state index is 12.3. The Labute approximate surface area is 162 Å². The lowest BCUT2D eigenvalue weighted by Crippen LogP contribution is -2.22. The van der Waals surface area contributed by atoms with Gasteiger partial charge in [0.1, 0.15) is 18.2 Å². The molecular weight excluding hydrogens is 384 g/mol. The molecule has 1 aromatic heterocycles. The molecule has 3 aromatic rings. The van der Waals surface area contributed by atoms with E-state index in [1.807, 2.05) is 11.5 Å². The molecule has 0 spiro atoms. The van der Waals surface area contributed by atoms with Crippen molar-refractivity contribution in [3.05, 3.63) is 58.4 Å². The van der Waals surface area contributed by atoms with Crippen LogP contribution in [-0.2, 0) is 23.2 Å². The monoisotopic (exact) mass is 404 g/mol. The van der Waals surface area contributed by atoms with Crippen LogP contribution in [0.3, 0.4) is 0 Å². The molecule has 3 rings (SSSR count). The second kappa shape index (κ2) is 7.56. The van der Waals surface area contributed by atoms with Crippen LogP contribution in [0.5, 0.6) is 5.75 Å². The van der Waals surface area contributed by atoms with Gasteiger partial charge in [0, 0.05) is 32.8 Å². The number of rotatable bonds is 7. The van der Waals surface area contributed by atoms with E-state index in [2.05, 4.69) is 4.98 Å². The van der Waals surface area contributed by atoms with Crippen molar-refractivity contribution >= 4 is 26.7 Å². The third-order valence-corrected chi connectivity index (χ3v) is 6.12. The maximum absolute atomic E-state index is 12.3. The van der Waals surface area contributed by atoms with Gasteiger partial charge in [-0.3, -0.25) is 10.1 Å². The highest BCUT2D eigenvalue weighted by Gasteiger charge is 2.19. The minimum Gasteiger partial charge on any atom is -0.486 e. The second-order valence-corrected chi connectivity index (χ2v) is 8.40. The number of hydrogen-bond acceptors (Lipinski definition) is 6. The van der Waals surface area contributed by atoms with E-state index in [-0.39, 0.29) is 17.2 Å². The van der Waals surface area contributed by atoms with Gasteiger partial charge >= 0.3 is 0 Å². The van der Waals surface area contributed by atoms with E-state index in [9.17, 15) is 18.5 Å². The predicted octanol–water partition coefficient (Wildman–Crippen LogP) is 2.79. The number of aromatic nitrogens is 2. The van der Waals surface area contributed by atoms with Crippen molar-refractivity contribution in [1.29, 1.82) is 0 Å². The molecule has 0 unspecified atom stereocenters. The number of nitro benzene ring substituents is 1. The Morgan fingerprint density at radius 3 is 2.43 bits per heavy atom. The minimum absolute atomic E-state index is 0.0113. The molecule has 0 amide bonds. The summed E-state index contributed by atoms with van der Waals surface area (Å²) in [5.74, 6) is 1.12. The molecule has 0 N–H and O–H groups in total. The Morgan fingerprint density at radius 1 is 1.18 bits per heavy atom. The normalized spacial score (nSPS) is 11.9. The van der Waals surface area contributed by atoms with E-state index in [4.69, 9.17) is 4.74 Å². The second-order valence-electron chi connectivity index (χ2n) is 6.25. The molecule has 1 heterocycles. The van der Waals surface area contributed by atoms with Crippen LogP contribution in [0.1, 0.15) is 12.7 Å². The zero-order valence-electron chi connectivity index (χ0n) is 15.7. The fraction of sp³-hybridized carbons (Fsp3) is 0.278. The Kier molecular flexibility index (Phi) is 5.34. The Morgan fingerprint density at radius 2 is 1.86 bits per heavy atom. The molecule has 0 bridgehead atoms.